The first-order valence-electron chi connectivity index (χ1n) is 10.6. The fraction of sp³-hybridized carbons (Fsp3) is 0.250. The summed E-state index contributed by atoms with van der Waals surface area (Å²) in [5.74, 6) is -0.424. The number of anilines is 1. The van der Waals surface area contributed by atoms with E-state index >= 15 is 0 Å². The smallest absolute Gasteiger partial charge is 0.243 e. The number of hydrogen-bond donors (Lipinski definition) is 1. The predicted molar refractivity (Wildman–Crippen MR) is 129 cm³/mol. The summed E-state index contributed by atoms with van der Waals surface area (Å²) in [6.45, 7) is 1.03. The van der Waals surface area contributed by atoms with E-state index in [1.165, 1.54) is 4.31 Å². The zero-order valence-corrected chi connectivity index (χ0v) is 19.5. The molecular weight excluding hydrogens is 462 g/mol. The molecule has 0 aliphatic carbocycles. The van der Waals surface area contributed by atoms with Crippen molar-refractivity contribution in [3.05, 3.63) is 71.8 Å². The molecule has 172 valence electrons. The highest BCUT2D eigenvalue weighted by Gasteiger charge is 2.30. The maximum Gasteiger partial charge on any atom is 0.243 e. The molecule has 7 nitrogen and oxygen atoms in total. The summed E-state index contributed by atoms with van der Waals surface area (Å²) in [5, 5.41) is 5.15. The van der Waals surface area contributed by atoms with Gasteiger partial charge in [0.15, 0.2) is 0 Å². The minimum Gasteiger partial charge on any atom is -0.340 e. The molecule has 33 heavy (non-hydrogen) atoms. The third-order valence-corrected chi connectivity index (χ3v) is 7.79. The summed E-state index contributed by atoms with van der Waals surface area (Å²) < 4.78 is 27.6. The molecule has 1 aliphatic rings. The summed E-state index contributed by atoms with van der Waals surface area (Å²) >= 11 is 5.83. The van der Waals surface area contributed by atoms with E-state index in [9.17, 15) is 18.0 Å². The number of rotatable bonds is 6. The third-order valence-electron chi connectivity index (χ3n) is 5.64. The first-order valence-corrected chi connectivity index (χ1v) is 12.5. The summed E-state index contributed by atoms with van der Waals surface area (Å²) in [4.78, 5) is 26.5. The molecule has 2 amide bonds. The maximum absolute atomic E-state index is 13.1. The first-order chi connectivity index (χ1) is 15.8. The van der Waals surface area contributed by atoms with Gasteiger partial charge in [-0.05, 0) is 47.2 Å². The van der Waals surface area contributed by atoms with Gasteiger partial charge < -0.3 is 10.2 Å². The van der Waals surface area contributed by atoms with Crippen LogP contribution < -0.4 is 5.32 Å². The van der Waals surface area contributed by atoms with E-state index in [2.05, 4.69) is 5.32 Å². The number of halogens is 1. The summed E-state index contributed by atoms with van der Waals surface area (Å²) in [6, 6.07) is 19.4. The van der Waals surface area contributed by atoms with Crippen molar-refractivity contribution in [1.82, 2.24) is 9.21 Å². The van der Waals surface area contributed by atoms with Gasteiger partial charge >= 0.3 is 0 Å². The number of carbonyl (C=O) groups excluding carboxylic acids is 2. The van der Waals surface area contributed by atoms with Crippen LogP contribution in [-0.4, -0.2) is 55.6 Å². The number of nitrogens with one attached hydrogen (secondary N) is 1. The standard InChI is InChI=1S/C24H24ClN3O4S/c25-20-6-8-21(9-7-20)26-23(29)11-12-24(30)27-13-15-28(16-14-27)33(31,32)22-10-5-18-3-1-2-4-19(18)17-22/h1-10,17H,11-16H2,(H,26,29). The Kier molecular flexibility index (Phi) is 6.97. The minimum absolute atomic E-state index is 0.0526. The minimum atomic E-state index is -3.64. The van der Waals surface area contributed by atoms with Crippen molar-refractivity contribution in [3.63, 3.8) is 0 Å². The predicted octanol–water partition coefficient (Wildman–Crippen LogP) is 3.75. The van der Waals surface area contributed by atoms with Gasteiger partial charge in [0.05, 0.1) is 4.90 Å². The van der Waals surface area contributed by atoms with E-state index in [0.717, 1.165) is 10.8 Å². The Labute approximate surface area is 198 Å². The lowest BCUT2D eigenvalue weighted by atomic mass is 10.1. The molecule has 0 bridgehead atoms. The Morgan fingerprint density at radius 2 is 1.52 bits per heavy atom. The van der Waals surface area contributed by atoms with Crippen LogP contribution in [0.3, 0.4) is 0 Å². The molecule has 0 unspecified atom stereocenters. The number of piperazine rings is 1. The fourth-order valence-electron chi connectivity index (χ4n) is 3.79. The van der Waals surface area contributed by atoms with E-state index in [4.69, 9.17) is 11.6 Å². The summed E-state index contributed by atoms with van der Waals surface area (Å²) in [5.41, 5.74) is 0.615. The molecule has 0 atom stereocenters. The number of sulfonamides is 1. The highest BCUT2D eigenvalue weighted by atomic mass is 35.5. The maximum atomic E-state index is 13.1. The van der Waals surface area contributed by atoms with Crippen LogP contribution in [0.1, 0.15) is 12.8 Å². The topological polar surface area (TPSA) is 86.8 Å². The molecule has 1 fully saturated rings. The monoisotopic (exact) mass is 485 g/mol. The van der Waals surface area contributed by atoms with Crippen LogP contribution in [-0.2, 0) is 19.6 Å². The van der Waals surface area contributed by atoms with Crippen molar-refractivity contribution in [2.45, 2.75) is 17.7 Å². The largest absolute Gasteiger partial charge is 0.340 e. The normalized spacial score (nSPS) is 14.9. The van der Waals surface area contributed by atoms with Gasteiger partial charge in [0, 0.05) is 49.7 Å². The fourth-order valence-corrected chi connectivity index (χ4v) is 5.37. The van der Waals surface area contributed by atoms with Gasteiger partial charge in [-0.1, -0.05) is 41.9 Å². The van der Waals surface area contributed by atoms with Crippen LogP contribution in [0.15, 0.2) is 71.6 Å². The number of hydrogen-bond acceptors (Lipinski definition) is 4. The van der Waals surface area contributed by atoms with Gasteiger partial charge in [-0.15, -0.1) is 0 Å². The van der Waals surface area contributed by atoms with Crippen molar-refractivity contribution >= 4 is 49.9 Å². The van der Waals surface area contributed by atoms with Gasteiger partial charge in [0.1, 0.15) is 0 Å². The lowest BCUT2D eigenvalue weighted by Gasteiger charge is -2.34. The second-order valence-corrected chi connectivity index (χ2v) is 10.2. The van der Waals surface area contributed by atoms with Crippen molar-refractivity contribution in [3.8, 4) is 0 Å². The SMILES string of the molecule is O=C(CCC(=O)N1CCN(S(=O)(=O)c2ccc3ccccc3c2)CC1)Nc1ccc(Cl)cc1. The molecule has 4 rings (SSSR count). The summed E-state index contributed by atoms with van der Waals surface area (Å²) in [7, 11) is -3.64. The van der Waals surface area contributed by atoms with Gasteiger partial charge in [0.2, 0.25) is 21.8 Å². The van der Waals surface area contributed by atoms with Crippen LogP contribution in [0.5, 0.6) is 0 Å². The van der Waals surface area contributed by atoms with Crippen molar-refractivity contribution < 1.29 is 18.0 Å². The van der Waals surface area contributed by atoms with Crippen LogP contribution in [0.2, 0.25) is 5.02 Å². The Morgan fingerprint density at radius 3 is 2.21 bits per heavy atom. The molecule has 3 aromatic rings. The number of benzene rings is 3. The highest BCUT2D eigenvalue weighted by Crippen LogP contribution is 2.23. The van der Waals surface area contributed by atoms with Gasteiger partial charge in [-0.3, -0.25) is 9.59 Å². The van der Waals surface area contributed by atoms with E-state index in [1.807, 2.05) is 24.3 Å². The zero-order chi connectivity index (χ0) is 23.4. The van der Waals surface area contributed by atoms with Crippen molar-refractivity contribution in [2.75, 3.05) is 31.5 Å². The molecule has 1 heterocycles. The molecule has 0 spiro atoms. The molecule has 1 aliphatic heterocycles. The molecule has 1 N–H and O–H groups in total. The van der Waals surface area contributed by atoms with Crippen LogP contribution in [0.25, 0.3) is 10.8 Å². The quantitative estimate of drug-likeness (QED) is 0.576. The van der Waals surface area contributed by atoms with E-state index in [0.29, 0.717) is 23.8 Å². The second kappa shape index (κ2) is 9.91. The van der Waals surface area contributed by atoms with Gasteiger partial charge in [0.25, 0.3) is 0 Å². The zero-order valence-electron chi connectivity index (χ0n) is 17.9. The van der Waals surface area contributed by atoms with Crippen LogP contribution >= 0.6 is 11.6 Å². The number of carbonyl (C=O) groups is 2. The van der Waals surface area contributed by atoms with E-state index in [-0.39, 0.29) is 42.6 Å². The van der Waals surface area contributed by atoms with Gasteiger partial charge in [-0.2, -0.15) is 4.31 Å². The lowest BCUT2D eigenvalue weighted by molar-refractivity contribution is -0.133. The van der Waals surface area contributed by atoms with E-state index < -0.39 is 10.0 Å². The van der Waals surface area contributed by atoms with E-state index in [1.54, 1.807) is 47.4 Å². The molecule has 0 aromatic heterocycles. The van der Waals surface area contributed by atoms with Gasteiger partial charge in [-0.25, -0.2) is 8.42 Å². The molecule has 0 saturated carbocycles. The average molecular weight is 486 g/mol. The summed E-state index contributed by atoms with van der Waals surface area (Å²) in [6.07, 6.45) is 0.119. The Morgan fingerprint density at radius 1 is 0.848 bits per heavy atom. The number of amides is 2. The lowest BCUT2D eigenvalue weighted by Crippen LogP contribution is -2.50. The molecule has 1 saturated heterocycles. The Hall–Kier alpha value is -2.94. The average Bonchev–Trinajstić information content (AvgIpc) is 2.83. The third kappa shape index (κ3) is 5.52. The first kappa shape index (κ1) is 23.2. The Balaban J connectivity index is 1.29. The molecule has 0 radical (unpaired) electrons. The molecule has 9 heteroatoms. The Bertz CT molecular complexity index is 1270. The van der Waals surface area contributed by atoms with Crippen molar-refractivity contribution in [1.29, 1.82) is 0 Å². The molecule has 3 aromatic carbocycles. The van der Waals surface area contributed by atoms with Crippen LogP contribution in [0, 0.1) is 0 Å². The van der Waals surface area contributed by atoms with Crippen LogP contribution in [0.4, 0.5) is 5.69 Å². The second-order valence-electron chi connectivity index (χ2n) is 7.85. The highest BCUT2D eigenvalue weighted by molar-refractivity contribution is 7.89. The molecular formula is C24H24ClN3O4S. The van der Waals surface area contributed by atoms with Crippen molar-refractivity contribution in [2.24, 2.45) is 0 Å². The number of nitrogens with zero attached hydrogens (tertiary/aromatic N) is 2. The number of fused-ring (bicyclic) bond motifs is 1.